The van der Waals surface area contributed by atoms with E-state index in [1.54, 1.807) is 14.1 Å². The molecule has 102 valence electrons. The second kappa shape index (κ2) is 5.38. The number of aliphatic hydroxyl groups excluding tert-OH is 1. The monoisotopic (exact) mass is 264 g/mol. The quantitative estimate of drug-likeness (QED) is 0.859. The SMILES string of the molecule is CC(O)CNc1nc(N(C)C)cc(C(F)(F)F)n1. The molecule has 8 heteroatoms. The number of aromatic nitrogens is 2. The first-order valence-corrected chi connectivity index (χ1v) is 5.25. The lowest BCUT2D eigenvalue weighted by Gasteiger charge is -2.16. The Labute approximate surface area is 103 Å². The number of halogens is 3. The van der Waals surface area contributed by atoms with Gasteiger partial charge in [0, 0.05) is 26.7 Å². The van der Waals surface area contributed by atoms with Crippen molar-refractivity contribution in [3.05, 3.63) is 11.8 Å². The minimum atomic E-state index is -4.53. The van der Waals surface area contributed by atoms with Crippen LogP contribution < -0.4 is 10.2 Å². The summed E-state index contributed by atoms with van der Waals surface area (Å²) in [6.45, 7) is 1.58. The van der Waals surface area contributed by atoms with E-state index in [9.17, 15) is 13.2 Å². The van der Waals surface area contributed by atoms with Crippen LogP contribution in [0.15, 0.2) is 6.07 Å². The largest absolute Gasteiger partial charge is 0.433 e. The fraction of sp³-hybridized carbons (Fsp3) is 0.600. The number of nitrogens with zero attached hydrogens (tertiary/aromatic N) is 3. The van der Waals surface area contributed by atoms with Gasteiger partial charge in [-0.2, -0.15) is 18.2 Å². The zero-order chi connectivity index (χ0) is 13.9. The molecule has 0 saturated heterocycles. The number of nitrogens with one attached hydrogen (secondary N) is 1. The molecule has 2 N–H and O–H groups in total. The van der Waals surface area contributed by atoms with Crippen molar-refractivity contribution >= 4 is 11.8 Å². The third-order valence-electron chi connectivity index (χ3n) is 2.02. The summed E-state index contributed by atoms with van der Waals surface area (Å²) in [6.07, 6.45) is -5.24. The van der Waals surface area contributed by atoms with Gasteiger partial charge in [0.15, 0.2) is 5.69 Å². The zero-order valence-corrected chi connectivity index (χ0v) is 10.3. The van der Waals surface area contributed by atoms with Gasteiger partial charge in [0.1, 0.15) is 5.82 Å². The fourth-order valence-corrected chi connectivity index (χ4v) is 1.13. The van der Waals surface area contributed by atoms with Gasteiger partial charge >= 0.3 is 6.18 Å². The summed E-state index contributed by atoms with van der Waals surface area (Å²) in [5.41, 5.74) is -1.02. The number of anilines is 2. The van der Waals surface area contributed by atoms with E-state index in [-0.39, 0.29) is 18.3 Å². The molecule has 0 aliphatic heterocycles. The minimum absolute atomic E-state index is 0.0776. The Bertz CT molecular complexity index is 407. The summed E-state index contributed by atoms with van der Waals surface area (Å²) in [4.78, 5) is 8.73. The van der Waals surface area contributed by atoms with Crippen molar-refractivity contribution in [2.45, 2.75) is 19.2 Å². The molecule has 1 unspecified atom stereocenters. The molecule has 0 bridgehead atoms. The summed E-state index contributed by atoms with van der Waals surface area (Å²) in [6, 6.07) is 0.869. The van der Waals surface area contributed by atoms with Crippen LogP contribution >= 0.6 is 0 Å². The van der Waals surface area contributed by atoms with Crippen LogP contribution in [-0.2, 0) is 6.18 Å². The first-order valence-electron chi connectivity index (χ1n) is 5.25. The molecule has 0 aliphatic rings. The third-order valence-corrected chi connectivity index (χ3v) is 2.02. The van der Waals surface area contributed by atoms with Gasteiger partial charge in [-0.1, -0.05) is 0 Å². The first-order chi connectivity index (χ1) is 8.20. The van der Waals surface area contributed by atoms with Crippen molar-refractivity contribution in [3.63, 3.8) is 0 Å². The van der Waals surface area contributed by atoms with Crippen LogP contribution in [0.3, 0.4) is 0 Å². The van der Waals surface area contributed by atoms with Crippen molar-refractivity contribution in [1.82, 2.24) is 9.97 Å². The standard InChI is InChI=1S/C10H15F3N4O/c1-6(18)5-14-9-15-7(10(11,12)13)4-8(16-9)17(2)3/h4,6,18H,5H2,1-3H3,(H,14,15,16). The maximum absolute atomic E-state index is 12.6. The van der Waals surface area contributed by atoms with Crippen LogP contribution in [0.1, 0.15) is 12.6 Å². The minimum Gasteiger partial charge on any atom is -0.392 e. The highest BCUT2D eigenvalue weighted by Gasteiger charge is 2.33. The average Bonchev–Trinajstić information content (AvgIpc) is 2.24. The Balaban J connectivity index is 3.06. The molecular formula is C10H15F3N4O. The average molecular weight is 264 g/mol. The number of hydrogen-bond acceptors (Lipinski definition) is 5. The second-order valence-electron chi connectivity index (χ2n) is 4.06. The number of alkyl halides is 3. The molecule has 18 heavy (non-hydrogen) atoms. The first kappa shape index (κ1) is 14.5. The molecule has 0 aliphatic carbocycles. The number of hydrogen-bond donors (Lipinski definition) is 2. The molecule has 1 rings (SSSR count). The van der Waals surface area contributed by atoms with Crippen LogP contribution in [0.25, 0.3) is 0 Å². The lowest BCUT2D eigenvalue weighted by Crippen LogP contribution is -2.21. The summed E-state index contributed by atoms with van der Waals surface area (Å²) in [5.74, 6) is -0.0140. The highest BCUT2D eigenvalue weighted by Crippen LogP contribution is 2.30. The van der Waals surface area contributed by atoms with E-state index in [1.807, 2.05) is 0 Å². The Morgan fingerprint density at radius 2 is 2.00 bits per heavy atom. The predicted molar refractivity (Wildman–Crippen MR) is 61.5 cm³/mol. The molecule has 1 heterocycles. The molecule has 1 aromatic heterocycles. The van der Waals surface area contributed by atoms with Gasteiger partial charge in [-0.05, 0) is 6.92 Å². The fourth-order valence-electron chi connectivity index (χ4n) is 1.13. The molecule has 0 radical (unpaired) electrons. The normalized spacial score (nSPS) is 13.3. The predicted octanol–water partition coefficient (Wildman–Crippen LogP) is 1.35. The molecule has 1 aromatic rings. The van der Waals surface area contributed by atoms with Gasteiger partial charge in [-0.3, -0.25) is 0 Å². The highest BCUT2D eigenvalue weighted by atomic mass is 19.4. The van der Waals surface area contributed by atoms with E-state index in [4.69, 9.17) is 5.11 Å². The molecule has 0 saturated carbocycles. The summed E-state index contributed by atoms with van der Waals surface area (Å²) < 4.78 is 37.9. The van der Waals surface area contributed by atoms with Gasteiger partial charge < -0.3 is 15.3 Å². The van der Waals surface area contributed by atoms with Crippen LogP contribution in [0.5, 0.6) is 0 Å². The Kier molecular flexibility index (Phi) is 4.33. The van der Waals surface area contributed by atoms with Crippen LogP contribution in [0.4, 0.5) is 24.9 Å². The van der Waals surface area contributed by atoms with E-state index in [1.165, 1.54) is 11.8 Å². The van der Waals surface area contributed by atoms with Crippen molar-refractivity contribution in [1.29, 1.82) is 0 Å². The molecule has 0 amide bonds. The lowest BCUT2D eigenvalue weighted by atomic mass is 10.3. The van der Waals surface area contributed by atoms with E-state index in [0.717, 1.165) is 6.07 Å². The lowest BCUT2D eigenvalue weighted by molar-refractivity contribution is -0.141. The van der Waals surface area contributed by atoms with Gasteiger partial charge in [0.2, 0.25) is 5.95 Å². The number of aliphatic hydroxyl groups is 1. The molecule has 1 atom stereocenters. The van der Waals surface area contributed by atoms with Crippen LogP contribution in [-0.4, -0.2) is 41.8 Å². The maximum Gasteiger partial charge on any atom is 0.433 e. The van der Waals surface area contributed by atoms with Crippen molar-refractivity contribution in [2.24, 2.45) is 0 Å². The molecule has 0 fully saturated rings. The molecule has 0 spiro atoms. The summed E-state index contributed by atoms with van der Waals surface area (Å²) in [7, 11) is 3.17. The van der Waals surface area contributed by atoms with Crippen molar-refractivity contribution < 1.29 is 18.3 Å². The summed E-state index contributed by atoms with van der Waals surface area (Å²) in [5, 5.41) is 11.6. The smallest absolute Gasteiger partial charge is 0.392 e. The van der Waals surface area contributed by atoms with Crippen molar-refractivity contribution in [3.8, 4) is 0 Å². The molecular weight excluding hydrogens is 249 g/mol. The Morgan fingerprint density at radius 3 is 2.44 bits per heavy atom. The van der Waals surface area contributed by atoms with Gasteiger partial charge in [0.25, 0.3) is 0 Å². The highest BCUT2D eigenvalue weighted by molar-refractivity contribution is 5.44. The Morgan fingerprint density at radius 1 is 1.39 bits per heavy atom. The van der Waals surface area contributed by atoms with E-state index >= 15 is 0 Å². The van der Waals surface area contributed by atoms with Crippen LogP contribution in [0, 0.1) is 0 Å². The number of rotatable bonds is 4. The van der Waals surface area contributed by atoms with E-state index in [0.29, 0.717) is 0 Å². The molecule has 5 nitrogen and oxygen atoms in total. The molecule has 0 aromatic carbocycles. The van der Waals surface area contributed by atoms with Gasteiger partial charge in [0.05, 0.1) is 6.10 Å². The topological polar surface area (TPSA) is 61.3 Å². The van der Waals surface area contributed by atoms with Crippen molar-refractivity contribution in [2.75, 3.05) is 30.9 Å². The maximum atomic E-state index is 12.6. The second-order valence-corrected chi connectivity index (χ2v) is 4.06. The zero-order valence-electron chi connectivity index (χ0n) is 10.3. The summed E-state index contributed by atoms with van der Waals surface area (Å²) >= 11 is 0. The van der Waals surface area contributed by atoms with Crippen LogP contribution in [0.2, 0.25) is 0 Å². The third kappa shape index (κ3) is 4.02. The Hall–Kier alpha value is -1.57. The van der Waals surface area contributed by atoms with E-state index < -0.39 is 18.0 Å². The van der Waals surface area contributed by atoms with Gasteiger partial charge in [-0.25, -0.2) is 4.98 Å². The van der Waals surface area contributed by atoms with Gasteiger partial charge in [-0.15, -0.1) is 0 Å². The van der Waals surface area contributed by atoms with E-state index in [2.05, 4.69) is 15.3 Å².